The lowest BCUT2D eigenvalue weighted by Gasteiger charge is -2.24. The molecule has 0 spiro atoms. The Balaban J connectivity index is 1.66. The summed E-state index contributed by atoms with van der Waals surface area (Å²) in [7, 11) is 0. The quantitative estimate of drug-likeness (QED) is 0.885. The highest BCUT2D eigenvalue weighted by Gasteiger charge is 2.34. The van der Waals surface area contributed by atoms with Gasteiger partial charge < -0.3 is 15.5 Å². The molecule has 1 fully saturated rings. The maximum atomic E-state index is 12.5. The van der Waals surface area contributed by atoms with Crippen LogP contribution in [-0.2, 0) is 4.79 Å². The van der Waals surface area contributed by atoms with Crippen LogP contribution in [0.1, 0.15) is 12.8 Å². The van der Waals surface area contributed by atoms with Crippen molar-refractivity contribution in [1.29, 1.82) is 0 Å². The van der Waals surface area contributed by atoms with E-state index in [9.17, 15) is 9.59 Å². The van der Waals surface area contributed by atoms with E-state index in [0.29, 0.717) is 23.7 Å². The van der Waals surface area contributed by atoms with Crippen molar-refractivity contribution in [2.75, 3.05) is 17.2 Å². The third-order valence-electron chi connectivity index (χ3n) is 3.93. The lowest BCUT2D eigenvalue weighted by molar-refractivity contribution is -0.119. The summed E-state index contributed by atoms with van der Waals surface area (Å²) in [5.74, 6) is -0.167. The van der Waals surface area contributed by atoms with Crippen LogP contribution >= 0.6 is 11.6 Å². The fourth-order valence-corrected chi connectivity index (χ4v) is 2.98. The van der Waals surface area contributed by atoms with Crippen molar-refractivity contribution in [2.45, 2.75) is 18.9 Å². The van der Waals surface area contributed by atoms with E-state index in [-0.39, 0.29) is 11.9 Å². The molecule has 0 aliphatic carbocycles. The van der Waals surface area contributed by atoms with Gasteiger partial charge in [-0.3, -0.25) is 4.79 Å². The lowest BCUT2D eigenvalue weighted by atomic mass is 10.2. The molecule has 0 bridgehead atoms. The third-order valence-corrected chi connectivity index (χ3v) is 4.17. The van der Waals surface area contributed by atoms with Gasteiger partial charge in [0.15, 0.2) is 0 Å². The van der Waals surface area contributed by atoms with E-state index in [1.807, 2.05) is 30.3 Å². The third kappa shape index (κ3) is 3.86. The first-order valence-electron chi connectivity index (χ1n) is 7.82. The molecule has 124 valence electrons. The monoisotopic (exact) mass is 343 g/mol. The van der Waals surface area contributed by atoms with Gasteiger partial charge in [-0.25, -0.2) is 4.79 Å². The van der Waals surface area contributed by atoms with Gasteiger partial charge >= 0.3 is 6.03 Å². The molecule has 5 nitrogen and oxygen atoms in total. The smallest absolute Gasteiger partial charge is 0.322 e. The van der Waals surface area contributed by atoms with Crippen molar-refractivity contribution in [3.05, 3.63) is 59.6 Å². The summed E-state index contributed by atoms with van der Waals surface area (Å²) in [5.41, 5.74) is 1.34. The first-order valence-corrected chi connectivity index (χ1v) is 8.20. The number of hydrogen-bond donors (Lipinski definition) is 2. The van der Waals surface area contributed by atoms with Gasteiger partial charge in [0.1, 0.15) is 6.04 Å². The van der Waals surface area contributed by atoms with E-state index in [1.54, 1.807) is 29.2 Å². The Morgan fingerprint density at radius 3 is 2.50 bits per heavy atom. The zero-order valence-electron chi connectivity index (χ0n) is 13.0. The SMILES string of the molecule is O=C(Nc1ccccc1)C1CCCN1C(=O)Nc1cccc(Cl)c1. The summed E-state index contributed by atoms with van der Waals surface area (Å²) in [6.45, 7) is 0.555. The highest BCUT2D eigenvalue weighted by Crippen LogP contribution is 2.22. The number of nitrogens with zero attached hydrogens (tertiary/aromatic N) is 1. The second kappa shape index (κ2) is 7.36. The standard InChI is InChI=1S/C18H18ClN3O2/c19-13-6-4-9-15(12-13)21-18(24)22-11-5-10-16(22)17(23)20-14-7-2-1-3-8-14/h1-4,6-9,12,16H,5,10-11H2,(H,20,23)(H,21,24). The molecule has 6 heteroatoms. The molecule has 1 unspecified atom stereocenters. The van der Waals surface area contributed by atoms with Crippen LogP contribution in [0.3, 0.4) is 0 Å². The zero-order valence-corrected chi connectivity index (χ0v) is 13.8. The number of hydrogen-bond acceptors (Lipinski definition) is 2. The highest BCUT2D eigenvalue weighted by molar-refractivity contribution is 6.30. The Labute approximate surface area is 145 Å². The van der Waals surface area contributed by atoms with Crippen LogP contribution in [0, 0.1) is 0 Å². The minimum atomic E-state index is -0.468. The van der Waals surface area contributed by atoms with E-state index in [0.717, 1.165) is 12.1 Å². The largest absolute Gasteiger partial charge is 0.324 e. The van der Waals surface area contributed by atoms with E-state index < -0.39 is 6.04 Å². The van der Waals surface area contributed by atoms with Crippen LogP contribution in [0.25, 0.3) is 0 Å². The van der Waals surface area contributed by atoms with Gasteiger partial charge in [0.25, 0.3) is 0 Å². The summed E-state index contributed by atoms with van der Waals surface area (Å²) < 4.78 is 0. The van der Waals surface area contributed by atoms with Crippen molar-refractivity contribution in [1.82, 2.24) is 4.90 Å². The average Bonchev–Trinajstić information content (AvgIpc) is 3.06. The van der Waals surface area contributed by atoms with Gasteiger partial charge in [-0.05, 0) is 43.2 Å². The van der Waals surface area contributed by atoms with E-state index in [2.05, 4.69) is 10.6 Å². The van der Waals surface area contributed by atoms with Crippen LogP contribution in [0.2, 0.25) is 5.02 Å². The Kier molecular flexibility index (Phi) is 5.01. The predicted molar refractivity (Wildman–Crippen MR) is 95.3 cm³/mol. The van der Waals surface area contributed by atoms with E-state index >= 15 is 0 Å². The second-order valence-corrected chi connectivity index (χ2v) is 6.08. The minimum Gasteiger partial charge on any atom is -0.324 e. The van der Waals surface area contributed by atoms with Gasteiger partial charge in [-0.15, -0.1) is 0 Å². The Bertz CT molecular complexity index is 736. The molecule has 2 aromatic rings. The lowest BCUT2D eigenvalue weighted by Crippen LogP contribution is -2.45. The van der Waals surface area contributed by atoms with Gasteiger partial charge in [0, 0.05) is 22.9 Å². The molecule has 24 heavy (non-hydrogen) atoms. The molecule has 0 saturated carbocycles. The fraction of sp³-hybridized carbons (Fsp3) is 0.222. The Hall–Kier alpha value is -2.53. The number of likely N-dealkylation sites (tertiary alicyclic amines) is 1. The number of anilines is 2. The molecular formula is C18H18ClN3O2. The molecule has 1 saturated heterocycles. The van der Waals surface area contributed by atoms with Gasteiger partial charge in [0.2, 0.25) is 5.91 Å². The first kappa shape index (κ1) is 16.3. The molecule has 2 aromatic carbocycles. The van der Waals surface area contributed by atoms with Gasteiger partial charge in [-0.1, -0.05) is 35.9 Å². The average molecular weight is 344 g/mol. The molecule has 2 N–H and O–H groups in total. The number of para-hydroxylation sites is 1. The van der Waals surface area contributed by atoms with Gasteiger partial charge in [0.05, 0.1) is 0 Å². The summed E-state index contributed by atoms with van der Waals surface area (Å²) >= 11 is 5.93. The highest BCUT2D eigenvalue weighted by atomic mass is 35.5. The van der Waals surface area contributed by atoms with Crippen molar-refractivity contribution in [3.8, 4) is 0 Å². The summed E-state index contributed by atoms with van der Waals surface area (Å²) in [6, 6.07) is 15.4. The molecule has 0 radical (unpaired) electrons. The van der Waals surface area contributed by atoms with Crippen molar-refractivity contribution >= 4 is 34.9 Å². The maximum Gasteiger partial charge on any atom is 0.322 e. The minimum absolute atomic E-state index is 0.167. The molecule has 1 aliphatic rings. The molecule has 1 atom stereocenters. The molecule has 3 amide bonds. The first-order chi connectivity index (χ1) is 11.6. The normalized spacial score (nSPS) is 16.7. The Morgan fingerprint density at radius 1 is 1.00 bits per heavy atom. The zero-order chi connectivity index (χ0) is 16.9. The molecule has 3 rings (SSSR count). The summed E-state index contributed by atoms with van der Waals surface area (Å²) in [4.78, 5) is 26.5. The number of nitrogens with one attached hydrogen (secondary N) is 2. The van der Waals surface area contributed by atoms with Crippen LogP contribution in [0.4, 0.5) is 16.2 Å². The van der Waals surface area contributed by atoms with Crippen molar-refractivity contribution in [3.63, 3.8) is 0 Å². The molecular weight excluding hydrogens is 326 g/mol. The van der Waals surface area contributed by atoms with Crippen molar-refractivity contribution < 1.29 is 9.59 Å². The van der Waals surface area contributed by atoms with E-state index in [1.165, 1.54) is 0 Å². The number of urea groups is 1. The van der Waals surface area contributed by atoms with Gasteiger partial charge in [-0.2, -0.15) is 0 Å². The Morgan fingerprint density at radius 2 is 1.75 bits per heavy atom. The number of carbonyl (C=O) groups excluding carboxylic acids is 2. The van der Waals surface area contributed by atoms with Crippen molar-refractivity contribution in [2.24, 2.45) is 0 Å². The maximum absolute atomic E-state index is 12.5. The molecule has 1 aliphatic heterocycles. The topological polar surface area (TPSA) is 61.4 Å². The summed E-state index contributed by atoms with van der Waals surface area (Å²) in [6.07, 6.45) is 1.46. The number of amides is 3. The number of rotatable bonds is 3. The second-order valence-electron chi connectivity index (χ2n) is 5.65. The molecule has 0 aromatic heterocycles. The predicted octanol–water partition coefficient (Wildman–Crippen LogP) is 3.98. The van der Waals surface area contributed by atoms with Crippen LogP contribution in [0.15, 0.2) is 54.6 Å². The number of carbonyl (C=O) groups is 2. The number of benzene rings is 2. The van der Waals surface area contributed by atoms with Crippen LogP contribution in [0.5, 0.6) is 0 Å². The van der Waals surface area contributed by atoms with Crippen LogP contribution < -0.4 is 10.6 Å². The number of halogens is 1. The molecule has 1 heterocycles. The fourth-order valence-electron chi connectivity index (χ4n) is 2.79. The van der Waals surface area contributed by atoms with Crippen LogP contribution in [-0.4, -0.2) is 29.4 Å². The summed E-state index contributed by atoms with van der Waals surface area (Å²) in [5, 5.41) is 6.20. The van der Waals surface area contributed by atoms with E-state index in [4.69, 9.17) is 11.6 Å².